The summed E-state index contributed by atoms with van der Waals surface area (Å²) in [6.07, 6.45) is 0. The molecule has 0 radical (unpaired) electrons. The van der Waals surface area contributed by atoms with E-state index in [0.29, 0.717) is 16.7 Å². The van der Waals surface area contributed by atoms with Crippen LogP contribution in [0.5, 0.6) is 0 Å². The molecular formula is C12H20Cl2O. The van der Waals surface area contributed by atoms with Crippen LogP contribution in [-0.4, -0.2) is 7.11 Å². The molecule has 0 atom stereocenters. The van der Waals surface area contributed by atoms with Crippen molar-refractivity contribution in [2.45, 2.75) is 34.3 Å². The quantitative estimate of drug-likeness (QED) is 0.702. The van der Waals surface area contributed by atoms with E-state index in [1.165, 1.54) is 0 Å². The molecule has 0 aromatic heterocycles. The minimum atomic E-state index is 0.457. The summed E-state index contributed by atoms with van der Waals surface area (Å²) in [4.78, 5) is 0. The van der Waals surface area contributed by atoms with E-state index in [4.69, 9.17) is 27.9 Å². The van der Waals surface area contributed by atoms with Gasteiger partial charge in [0.25, 0.3) is 0 Å². The summed E-state index contributed by atoms with van der Waals surface area (Å²) in [5, 5.41) is 1.30. The Morgan fingerprint density at radius 2 is 1.40 bits per heavy atom. The number of hydrogen-bond acceptors (Lipinski definition) is 1. The van der Waals surface area contributed by atoms with Crippen LogP contribution in [0.25, 0.3) is 0 Å². The third kappa shape index (κ3) is 6.77. The van der Waals surface area contributed by atoms with Crippen LogP contribution in [0.4, 0.5) is 0 Å². The summed E-state index contributed by atoms with van der Waals surface area (Å²) >= 11 is 11.7. The first kappa shape index (κ1) is 17.2. The second-order valence-electron chi connectivity index (χ2n) is 2.13. The summed E-state index contributed by atoms with van der Waals surface area (Å²) in [5.74, 6) is 0. The Bertz CT molecular complexity index is 229. The smallest absolute Gasteiger partial charge is 0.0742 e. The van der Waals surface area contributed by atoms with Crippen molar-refractivity contribution in [3.05, 3.63) is 33.8 Å². The Balaban J connectivity index is 0. The van der Waals surface area contributed by atoms with E-state index in [9.17, 15) is 0 Å². The molecule has 0 aliphatic carbocycles. The van der Waals surface area contributed by atoms with Gasteiger partial charge in [-0.2, -0.15) is 0 Å². The standard InChI is InChI=1S/C8H8Cl2O.2C2H6/c1-11-5-6-7(9)3-2-4-8(6)10;2*1-2/h2-4H,5H2,1H3;2*1-2H3. The van der Waals surface area contributed by atoms with Gasteiger partial charge < -0.3 is 4.74 Å². The van der Waals surface area contributed by atoms with Crippen molar-refractivity contribution in [2.75, 3.05) is 7.11 Å². The molecule has 1 rings (SSSR count). The van der Waals surface area contributed by atoms with Gasteiger partial charge in [0.15, 0.2) is 0 Å². The number of methoxy groups -OCH3 is 1. The van der Waals surface area contributed by atoms with Crippen molar-refractivity contribution < 1.29 is 4.74 Å². The fourth-order valence-corrected chi connectivity index (χ4v) is 1.32. The molecule has 0 saturated carbocycles. The number of rotatable bonds is 2. The zero-order chi connectivity index (χ0) is 12.3. The molecule has 0 bridgehead atoms. The van der Waals surface area contributed by atoms with Crippen molar-refractivity contribution in [2.24, 2.45) is 0 Å². The van der Waals surface area contributed by atoms with Crippen LogP contribution in [-0.2, 0) is 11.3 Å². The second kappa shape index (κ2) is 11.8. The van der Waals surface area contributed by atoms with E-state index in [0.717, 1.165) is 5.56 Å². The lowest BCUT2D eigenvalue weighted by molar-refractivity contribution is 0.185. The Hall–Kier alpha value is -0.240. The predicted molar refractivity (Wildman–Crippen MR) is 69.9 cm³/mol. The van der Waals surface area contributed by atoms with Gasteiger partial charge in [0, 0.05) is 22.7 Å². The topological polar surface area (TPSA) is 9.23 Å². The van der Waals surface area contributed by atoms with Crippen LogP contribution in [0.2, 0.25) is 10.0 Å². The largest absolute Gasteiger partial charge is 0.380 e. The Morgan fingerprint density at radius 3 is 1.73 bits per heavy atom. The number of halogens is 2. The summed E-state index contributed by atoms with van der Waals surface area (Å²) in [6, 6.07) is 5.40. The van der Waals surface area contributed by atoms with Gasteiger partial charge in [0.2, 0.25) is 0 Å². The minimum Gasteiger partial charge on any atom is -0.380 e. The Labute approximate surface area is 103 Å². The van der Waals surface area contributed by atoms with Crippen molar-refractivity contribution in [1.82, 2.24) is 0 Å². The lowest BCUT2D eigenvalue weighted by atomic mass is 10.2. The molecule has 0 heterocycles. The average molecular weight is 251 g/mol. The molecule has 1 aromatic rings. The maximum absolute atomic E-state index is 5.84. The van der Waals surface area contributed by atoms with E-state index in [-0.39, 0.29) is 0 Å². The van der Waals surface area contributed by atoms with Gasteiger partial charge in [-0.3, -0.25) is 0 Å². The minimum absolute atomic E-state index is 0.457. The fourth-order valence-electron chi connectivity index (χ4n) is 0.815. The molecule has 0 fully saturated rings. The van der Waals surface area contributed by atoms with E-state index in [2.05, 4.69) is 0 Å². The maximum Gasteiger partial charge on any atom is 0.0742 e. The highest BCUT2D eigenvalue weighted by Crippen LogP contribution is 2.24. The van der Waals surface area contributed by atoms with Crippen LogP contribution in [0.15, 0.2) is 18.2 Å². The van der Waals surface area contributed by atoms with Gasteiger partial charge in [0.1, 0.15) is 0 Å². The summed E-state index contributed by atoms with van der Waals surface area (Å²) in [7, 11) is 1.61. The summed E-state index contributed by atoms with van der Waals surface area (Å²) < 4.78 is 4.92. The molecule has 1 aromatic carbocycles. The van der Waals surface area contributed by atoms with E-state index in [1.54, 1.807) is 19.2 Å². The van der Waals surface area contributed by atoms with Crippen molar-refractivity contribution in [3.63, 3.8) is 0 Å². The molecule has 1 nitrogen and oxygen atoms in total. The van der Waals surface area contributed by atoms with Gasteiger partial charge in [0.05, 0.1) is 6.61 Å². The monoisotopic (exact) mass is 250 g/mol. The molecule has 0 N–H and O–H groups in total. The Morgan fingerprint density at radius 1 is 1.00 bits per heavy atom. The number of hydrogen-bond donors (Lipinski definition) is 0. The first-order chi connectivity index (χ1) is 7.25. The zero-order valence-electron chi connectivity index (χ0n) is 10.1. The van der Waals surface area contributed by atoms with Crippen LogP contribution in [0.1, 0.15) is 33.3 Å². The Kier molecular flexibility index (Phi) is 13.5. The van der Waals surface area contributed by atoms with E-state index >= 15 is 0 Å². The lowest BCUT2D eigenvalue weighted by Crippen LogP contribution is -1.89. The molecular weight excluding hydrogens is 231 g/mol. The molecule has 15 heavy (non-hydrogen) atoms. The predicted octanol–water partition coefficient (Wildman–Crippen LogP) is 5.19. The molecule has 0 aliphatic heterocycles. The molecule has 0 saturated heterocycles. The summed E-state index contributed by atoms with van der Waals surface area (Å²) in [5.41, 5.74) is 0.846. The van der Waals surface area contributed by atoms with Crippen molar-refractivity contribution >= 4 is 23.2 Å². The molecule has 0 amide bonds. The maximum atomic E-state index is 5.84. The highest BCUT2D eigenvalue weighted by molar-refractivity contribution is 6.35. The third-order valence-corrected chi connectivity index (χ3v) is 2.06. The highest BCUT2D eigenvalue weighted by atomic mass is 35.5. The molecule has 0 aliphatic rings. The number of ether oxygens (including phenoxy) is 1. The van der Waals surface area contributed by atoms with Gasteiger partial charge in [-0.25, -0.2) is 0 Å². The van der Waals surface area contributed by atoms with Gasteiger partial charge in [-0.15, -0.1) is 0 Å². The van der Waals surface area contributed by atoms with Crippen LogP contribution in [0, 0.1) is 0 Å². The number of benzene rings is 1. The lowest BCUT2D eigenvalue weighted by Gasteiger charge is -2.03. The summed E-state index contributed by atoms with van der Waals surface area (Å²) in [6.45, 7) is 8.46. The van der Waals surface area contributed by atoms with E-state index < -0.39 is 0 Å². The highest BCUT2D eigenvalue weighted by Gasteiger charge is 2.03. The fraction of sp³-hybridized carbons (Fsp3) is 0.500. The molecule has 0 unspecified atom stereocenters. The van der Waals surface area contributed by atoms with Gasteiger partial charge >= 0.3 is 0 Å². The average Bonchev–Trinajstić information content (AvgIpc) is 2.29. The van der Waals surface area contributed by atoms with Crippen molar-refractivity contribution in [1.29, 1.82) is 0 Å². The SMILES string of the molecule is CC.CC.COCc1c(Cl)cccc1Cl. The first-order valence-corrected chi connectivity index (χ1v) is 5.93. The molecule has 3 heteroatoms. The van der Waals surface area contributed by atoms with Gasteiger partial charge in [-0.05, 0) is 12.1 Å². The normalized spacial score (nSPS) is 8.20. The van der Waals surface area contributed by atoms with E-state index in [1.807, 2.05) is 33.8 Å². The zero-order valence-corrected chi connectivity index (χ0v) is 11.6. The third-order valence-electron chi connectivity index (χ3n) is 1.35. The molecule has 88 valence electrons. The first-order valence-electron chi connectivity index (χ1n) is 5.17. The molecule has 0 spiro atoms. The van der Waals surface area contributed by atoms with Crippen LogP contribution in [0.3, 0.4) is 0 Å². The van der Waals surface area contributed by atoms with Crippen LogP contribution >= 0.6 is 23.2 Å². The van der Waals surface area contributed by atoms with Gasteiger partial charge in [-0.1, -0.05) is 57.0 Å². The van der Waals surface area contributed by atoms with Crippen LogP contribution < -0.4 is 0 Å². The second-order valence-corrected chi connectivity index (χ2v) is 2.95. The van der Waals surface area contributed by atoms with Crippen molar-refractivity contribution in [3.8, 4) is 0 Å².